The van der Waals surface area contributed by atoms with Gasteiger partial charge in [0, 0.05) is 0 Å². The Morgan fingerprint density at radius 2 is 2.00 bits per heavy atom. The van der Waals surface area contributed by atoms with Gasteiger partial charge in [0.25, 0.3) is 0 Å². The Kier molecular flexibility index (Phi) is 4.19. The molecule has 74 valence electrons. The van der Waals surface area contributed by atoms with Crippen molar-refractivity contribution in [1.82, 2.24) is 0 Å². The Morgan fingerprint density at radius 3 is 2.57 bits per heavy atom. The maximum absolute atomic E-state index is 5.56. The van der Waals surface area contributed by atoms with Crippen LogP contribution in [0.2, 0.25) is 0 Å². The van der Waals surface area contributed by atoms with Gasteiger partial charge in [-0.3, -0.25) is 5.73 Å². The van der Waals surface area contributed by atoms with E-state index in [-0.39, 0.29) is 0 Å². The lowest BCUT2D eigenvalue weighted by molar-refractivity contribution is -0.459. The van der Waals surface area contributed by atoms with Crippen molar-refractivity contribution < 1.29 is 5.10 Å². The average molecular weight is 208 g/mol. The van der Waals surface area contributed by atoms with Crippen molar-refractivity contribution >= 4 is 22.6 Å². The van der Waals surface area contributed by atoms with Crippen molar-refractivity contribution in [3.8, 4) is 0 Å². The molecule has 14 heavy (non-hydrogen) atoms. The van der Waals surface area contributed by atoms with E-state index in [1.165, 1.54) is 11.8 Å². The van der Waals surface area contributed by atoms with Crippen LogP contribution >= 0.6 is 11.8 Å². The molecule has 0 radical (unpaired) electrons. The van der Waals surface area contributed by atoms with Crippen molar-refractivity contribution in [2.24, 2.45) is 10.8 Å². The molecule has 0 spiro atoms. The molecule has 1 aromatic carbocycles. The molecule has 0 fully saturated rings. The zero-order valence-electron chi connectivity index (χ0n) is 8.32. The van der Waals surface area contributed by atoms with E-state index in [1.807, 2.05) is 43.5 Å². The number of hydrogen-bond acceptors (Lipinski definition) is 2. The fourth-order valence-electron chi connectivity index (χ4n) is 0.928. The molecule has 0 aliphatic heterocycles. The first-order valence-electron chi connectivity index (χ1n) is 4.26. The molecule has 0 unspecified atom stereocenters. The summed E-state index contributed by atoms with van der Waals surface area (Å²) in [7, 11) is 0. The molecule has 3 nitrogen and oxygen atoms in total. The van der Waals surface area contributed by atoms with Crippen molar-refractivity contribution in [2.45, 2.75) is 6.92 Å². The van der Waals surface area contributed by atoms with E-state index in [2.05, 4.69) is 10.2 Å². The molecule has 3 N–H and O–H groups in total. The third-order valence-corrected chi connectivity index (χ3v) is 2.28. The number of hydrogen-bond donors (Lipinski definition) is 2. The van der Waals surface area contributed by atoms with Crippen molar-refractivity contribution in [2.75, 3.05) is 6.26 Å². The van der Waals surface area contributed by atoms with Gasteiger partial charge in [-0.2, -0.15) is 0 Å². The van der Waals surface area contributed by atoms with Gasteiger partial charge < -0.3 is 0 Å². The van der Waals surface area contributed by atoms with Gasteiger partial charge in [0.2, 0.25) is 0 Å². The highest BCUT2D eigenvalue weighted by Crippen LogP contribution is 1.98. The minimum absolute atomic E-state index is 0.597. The van der Waals surface area contributed by atoms with Crippen LogP contribution in [-0.2, 0) is 0 Å². The van der Waals surface area contributed by atoms with Gasteiger partial charge in [0.1, 0.15) is 0 Å². The average Bonchev–Trinajstić information content (AvgIpc) is 2.26. The summed E-state index contributed by atoms with van der Waals surface area (Å²) < 4.78 is 0. The van der Waals surface area contributed by atoms with E-state index in [0.29, 0.717) is 5.17 Å². The number of nitrogens with two attached hydrogens (primary N) is 1. The van der Waals surface area contributed by atoms with Gasteiger partial charge in [-0.05, 0) is 30.5 Å². The number of hydrazone groups is 1. The maximum atomic E-state index is 5.56. The second-order valence-corrected chi connectivity index (χ2v) is 3.59. The summed E-state index contributed by atoms with van der Waals surface area (Å²) in [6.45, 7) is 1.94. The first-order valence-corrected chi connectivity index (χ1v) is 5.48. The number of benzene rings is 1. The molecule has 0 heterocycles. The van der Waals surface area contributed by atoms with Gasteiger partial charge in [-0.1, -0.05) is 35.4 Å². The largest absolute Gasteiger partial charge is 0.326 e. The predicted molar refractivity (Wildman–Crippen MR) is 62.3 cm³/mol. The number of nitrogens with one attached hydrogen (secondary N) is 1. The second kappa shape index (κ2) is 5.44. The van der Waals surface area contributed by atoms with E-state index in [0.717, 1.165) is 11.3 Å². The summed E-state index contributed by atoms with van der Waals surface area (Å²) in [5.41, 5.74) is 7.57. The Hall–Kier alpha value is -1.29. The lowest BCUT2D eigenvalue weighted by Crippen LogP contribution is -2.68. The van der Waals surface area contributed by atoms with Crippen LogP contribution in [0, 0.1) is 0 Å². The maximum Gasteiger partial charge on any atom is 0.326 e. The summed E-state index contributed by atoms with van der Waals surface area (Å²) in [4.78, 5) is 0. The highest BCUT2D eigenvalue weighted by atomic mass is 32.2. The van der Waals surface area contributed by atoms with Crippen LogP contribution < -0.4 is 10.8 Å². The number of rotatable bonds is 2. The minimum atomic E-state index is 0.597. The molecule has 0 amide bonds. The van der Waals surface area contributed by atoms with Gasteiger partial charge in [-0.15, -0.1) is 5.10 Å². The summed E-state index contributed by atoms with van der Waals surface area (Å²) in [6.07, 6.45) is 1.90. The SMILES string of the molecule is CSC(N)=[NH+]N=C(C)c1ccccc1. The van der Waals surface area contributed by atoms with E-state index < -0.39 is 0 Å². The molecule has 0 saturated carbocycles. The molecule has 0 bridgehead atoms. The Morgan fingerprint density at radius 1 is 1.36 bits per heavy atom. The molecular formula is C10H14N3S+. The summed E-state index contributed by atoms with van der Waals surface area (Å²) in [6, 6.07) is 9.96. The molecule has 0 saturated heterocycles. The normalized spacial score (nSPS) is 13.0. The Balaban J connectivity index is 2.81. The number of nitrogens with zero attached hydrogens (tertiary/aromatic N) is 1. The smallest absolute Gasteiger partial charge is 0.280 e. The lowest BCUT2D eigenvalue weighted by Gasteiger charge is -1.95. The lowest BCUT2D eigenvalue weighted by atomic mass is 10.1. The zero-order chi connectivity index (χ0) is 10.4. The summed E-state index contributed by atoms with van der Waals surface area (Å²) >= 11 is 1.44. The van der Waals surface area contributed by atoms with E-state index in [9.17, 15) is 0 Å². The first kappa shape index (κ1) is 10.8. The van der Waals surface area contributed by atoms with Crippen molar-refractivity contribution in [1.29, 1.82) is 0 Å². The molecule has 1 aromatic rings. The molecule has 0 aliphatic rings. The van der Waals surface area contributed by atoms with Crippen LogP contribution in [0.25, 0.3) is 0 Å². The highest BCUT2D eigenvalue weighted by Gasteiger charge is 1.96. The van der Waals surface area contributed by atoms with Crippen LogP contribution in [0.5, 0.6) is 0 Å². The van der Waals surface area contributed by atoms with Gasteiger partial charge >= 0.3 is 5.17 Å². The molecule has 0 atom stereocenters. The van der Waals surface area contributed by atoms with Crippen LogP contribution in [-0.4, -0.2) is 17.1 Å². The number of thioether (sulfide) groups is 1. The highest BCUT2D eigenvalue weighted by molar-refractivity contribution is 8.12. The van der Waals surface area contributed by atoms with Crippen LogP contribution in [0.1, 0.15) is 12.5 Å². The standard InChI is InChI=1S/C10H13N3S/c1-8(12-13-10(11)14-2)9-6-4-3-5-7-9/h3-7H,1-2H3,(H2,11,13)/p+1. The monoisotopic (exact) mass is 208 g/mol. The van der Waals surface area contributed by atoms with Crippen LogP contribution in [0.3, 0.4) is 0 Å². The fraction of sp³-hybridized carbons (Fsp3) is 0.200. The molecule has 0 aliphatic carbocycles. The fourth-order valence-corrected chi connectivity index (χ4v) is 1.07. The third-order valence-electron chi connectivity index (χ3n) is 1.75. The third kappa shape index (κ3) is 3.22. The first-order chi connectivity index (χ1) is 6.74. The topological polar surface area (TPSA) is 52.4 Å². The predicted octanol–water partition coefficient (Wildman–Crippen LogP) is 0.169. The minimum Gasteiger partial charge on any atom is -0.280 e. The van der Waals surface area contributed by atoms with Crippen molar-refractivity contribution in [3.63, 3.8) is 0 Å². The summed E-state index contributed by atoms with van der Waals surface area (Å²) in [5, 5.41) is 7.52. The zero-order valence-corrected chi connectivity index (χ0v) is 9.14. The van der Waals surface area contributed by atoms with Gasteiger partial charge in [0.15, 0.2) is 0 Å². The van der Waals surface area contributed by atoms with Crippen molar-refractivity contribution in [3.05, 3.63) is 35.9 Å². The van der Waals surface area contributed by atoms with E-state index in [4.69, 9.17) is 5.73 Å². The Bertz CT molecular complexity index is 344. The Labute approximate surface area is 88.1 Å². The molecule has 0 aromatic heterocycles. The second-order valence-electron chi connectivity index (χ2n) is 2.74. The number of amidine groups is 1. The summed E-state index contributed by atoms with van der Waals surface area (Å²) in [5.74, 6) is 0. The molecule has 1 rings (SSSR count). The van der Waals surface area contributed by atoms with Gasteiger partial charge in [-0.25, -0.2) is 0 Å². The molecular weight excluding hydrogens is 194 g/mol. The van der Waals surface area contributed by atoms with Gasteiger partial charge in [0.05, 0.1) is 5.71 Å². The van der Waals surface area contributed by atoms with E-state index in [1.54, 1.807) is 0 Å². The molecule has 4 heteroatoms. The quantitative estimate of drug-likeness (QED) is 0.413. The van der Waals surface area contributed by atoms with E-state index >= 15 is 0 Å². The van der Waals surface area contributed by atoms with Crippen LogP contribution in [0.4, 0.5) is 0 Å². The van der Waals surface area contributed by atoms with Crippen LogP contribution in [0.15, 0.2) is 35.4 Å².